The molecular formula is C10H10F2N2O3. The molecule has 1 N–H and O–H groups in total. The molecule has 7 heteroatoms. The predicted octanol–water partition coefficient (Wildman–Crippen LogP) is 1.12. The van der Waals surface area contributed by atoms with Gasteiger partial charge in [0.2, 0.25) is 0 Å². The van der Waals surface area contributed by atoms with Gasteiger partial charge in [-0.15, -0.1) is 0 Å². The molecule has 0 radical (unpaired) electrons. The smallest absolute Gasteiger partial charge is 0.354 e. The summed E-state index contributed by atoms with van der Waals surface area (Å²) in [6.45, 7) is -0.705. The lowest BCUT2D eigenvalue weighted by atomic mass is 10.2. The quantitative estimate of drug-likeness (QED) is 0.861. The van der Waals surface area contributed by atoms with Gasteiger partial charge in [-0.3, -0.25) is 4.79 Å². The molecule has 1 amide bonds. The Kier molecular flexibility index (Phi) is 4.08. The van der Waals surface area contributed by atoms with E-state index in [9.17, 15) is 18.4 Å². The average Bonchev–Trinajstić information content (AvgIpc) is 2.27. The standard InChI is InChI=1S/C10H10F2N2O3/c1-14(5-8(11)12)9(15)6-2-3-13-7(4-6)10(16)17/h2-4,8H,5H2,1H3,(H,16,17). The summed E-state index contributed by atoms with van der Waals surface area (Å²) in [5.41, 5.74) is -0.290. The second kappa shape index (κ2) is 5.33. The highest BCUT2D eigenvalue weighted by Crippen LogP contribution is 2.07. The van der Waals surface area contributed by atoms with Crippen molar-refractivity contribution in [2.75, 3.05) is 13.6 Å². The first-order chi connectivity index (χ1) is 7.91. The van der Waals surface area contributed by atoms with E-state index in [0.29, 0.717) is 0 Å². The molecular weight excluding hydrogens is 234 g/mol. The number of rotatable bonds is 4. The Labute approximate surface area is 95.7 Å². The van der Waals surface area contributed by atoms with Gasteiger partial charge in [-0.1, -0.05) is 0 Å². The Balaban J connectivity index is 2.89. The van der Waals surface area contributed by atoms with Gasteiger partial charge in [-0.25, -0.2) is 18.6 Å². The van der Waals surface area contributed by atoms with E-state index in [-0.39, 0.29) is 11.3 Å². The van der Waals surface area contributed by atoms with Crippen molar-refractivity contribution in [3.63, 3.8) is 0 Å². The minimum Gasteiger partial charge on any atom is -0.477 e. The number of aromatic nitrogens is 1. The maximum Gasteiger partial charge on any atom is 0.354 e. The summed E-state index contributed by atoms with van der Waals surface area (Å²) in [6.07, 6.45) is -1.49. The maximum absolute atomic E-state index is 12.1. The third-order valence-corrected chi connectivity index (χ3v) is 1.98. The minimum absolute atomic E-state index is 0.0144. The first kappa shape index (κ1) is 13.0. The average molecular weight is 244 g/mol. The number of carboxylic acids is 1. The van der Waals surface area contributed by atoms with Crippen LogP contribution in [0.1, 0.15) is 20.8 Å². The van der Waals surface area contributed by atoms with E-state index in [1.54, 1.807) is 0 Å². The summed E-state index contributed by atoms with van der Waals surface area (Å²) in [5, 5.41) is 8.67. The van der Waals surface area contributed by atoms with Crippen molar-refractivity contribution in [2.24, 2.45) is 0 Å². The monoisotopic (exact) mass is 244 g/mol. The molecule has 0 aliphatic heterocycles. The fourth-order valence-corrected chi connectivity index (χ4v) is 1.19. The number of nitrogens with zero attached hydrogens (tertiary/aromatic N) is 2. The lowest BCUT2D eigenvalue weighted by Gasteiger charge is -2.16. The fraction of sp³-hybridized carbons (Fsp3) is 0.300. The van der Waals surface area contributed by atoms with Crippen molar-refractivity contribution < 1.29 is 23.5 Å². The number of pyridine rings is 1. The third-order valence-electron chi connectivity index (χ3n) is 1.98. The van der Waals surface area contributed by atoms with Crippen LogP contribution in [0.4, 0.5) is 8.78 Å². The van der Waals surface area contributed by atoms with Gasteiger partial charge < -0.3 is 10.0 Å². The topological polar surface area (TPSA) is 70.5 Å². The number of carboxylic acid groups (broad SMARTS) is 1. The van der Waals surface area contributed by atoms with Gasteiger partial charge in [0.1, 0.15) is 5.69 Å². The van der Waals surface area contributed by atoms with Crippen LogP contribution in [0.5, 0.6) is 0 Å². The normalized spacial score (nSPS) is 10.4. The number of aromatic carboxylic acids is 1. The van der Waals surface area contributed by atoms with Crippen LogP contribution in [-0.2, 0) is 0 Å². The summed E-state index contributed by atoms with van der Waals surface area (Å²) in [7, 11) is 1.22. The second-order valence-electron chi connectivity index (χ2n) is 3.31. The lowest BCUT2D eigenvalue weighted by Crippen LogP contribution is -2.31. The van der Waals surface area contributed by atoms with E-state index < -0.39 is 24.8 Å². The predicted molar refractivity (Wildman–Crippen MR) is 54.2 cm³/mol. The molecule has 1 heterocycles. The van der Waals surface area contributed by atoms with Crippen molar-refractivity contribution in [2.45, 2.75) is 6.43 Å². The molecule has 0 aliphatic rings. The lowest BCUT2D eigenvalue weighted by molar-refractivity contribution is 0.0620. The molecule has 0 aromatic carbocycles. The zero-order chi connectivity index (χ0) is 13.0. The van der Waals surface area contributed by atoms with E-state index >= 15 is 0 Å². The van der Waals surface area contributed by atoms with Gasteiger partial charge in [0.25, 0.3) is 12.3 Å². The van der Waals surface area contributed by atoms with E-state index in [4.69, 9.17) is 5.11 Å². The van der Waals surface area contributed by atoms with Crippen LogP contribution in [0, 0.1) is 0 Å². The van der Waals surface area contributed by atoms with Gasteiger partial charge in [0, 0.05) is 18.8 Å². The molecule has 17 heavy (non-hydrogen) atoms. The Morgan fingerprint density at radius 2 is 2.18 bits per heavy atom. The highest BCUT2D eigenvalue weighted by Gasteiger charge is 2.17. The molecule has 1 rings (SSSR count). The SMILES string of the molecule is CN(CC(F)F)C(=O)c1ccnc(C(=O)O)c1. The maximum atomic E-state index is 12.1. The first-order valence-electron chi connectivity index (χ1n) is 4.64. The van der Waals surface area contributed by atoms with E-state index in [2.05, 4.69) is 4.98 Å². The van der Waals surface area contributed by atoms with Crippen LogP contribution >= 0.6 is 0 Å². The van der Waals surface area contributed by atoms with Crippen LogP contribution in [0.2, 0.25) is 0 Å². The molecule has 1 aromatic heterocycles. The largest absolute Gasteiger partial charge is 0.477 e. The van der Waals surface area contributed by atoms with Gasteiger partial charge in [0.05, 0.1) is 6.54 Å². The molecule has 0 unspecified atom stereocenters. The number of halogens is 2. The molecule has 0 spiro atoms. The highest BCUT2D eigenvalue weighted by molar-refractivity contribution is 5.96. The Morgan fingerprint density at radius 3 is 2.71 bits per heavy atom. The molecule has 0 saturated carbocycles. The number of alkyl halides is 2. The molecule has 1 aromatic rings. The first-order valence-corrected chi connectivity index (χ1v) is 4.64. The van der Waals surface area contributed by atoms with E-state index in [0.717, 1.165) is 17.2 Å². The van der Waals surface area contributed by atoms with E-state index in [1.807, 2.05) is 0 Å². The summed E-state index contributed by atoms with van der Waals surface area (Å²) in [6, 6.07) is 2.32. The Hall–Kier alpha value is -2.05. The molecule has 0 aliphatic carbocycles. The van der Waals surface area contributed by atoms with Crippen molar-refractivity contribution in [3.8, 4) is 0 Å². The number of carbonyl (C=O) groups is 2. The van der Waals surface area contributed by atoms with Crippen molar-refractivity contribution >= 4 is 11.9 Å². The van der Waals surface area contributed by atoms with Crippen molar-refractivity contribution in [1.82, 2.24) is 9.88 Å². The summed E-state index contributed by atoms with van der Waals surface area (Å²) >= 11 is 0. The summed E-state index contributed by atoms with van der Waals surface area (Å²) in [5.74, 6) is -1.95. The minimum atomic E-state index is -2.63. The van der Waals surface area contributed by atoms with Crippen LogP contribution in [0.25, 0.3) is 0 Å². The van der Waals surface area contributed by atoms with Crippen LogP contribution in [-0.4, -0.2) is 46.9 Å². The molecule has 92 valence electrons. The zero-order valence-corrected chi connectivity index (χ0v) is 8.93. The van der Waals surface area contributed by atoms with Crippen LogP contribution in [0.15, 0.2) is 18.3 Å². The number of hydrogen-bond acceptors (Lipinski definition) is 3. The molecule has 0 fully saturated rings. The van der Waals surface area contributed by atoms with Gasteiger partial charge in [-0.2, -0.15) is 0 Å². The number of carbonyl (C=O) groups excluding carboxylic acids is 1. The van der Waals surface area contributed by atoms with Crippen LogP contribution in [0.3, 0.4) is 0 Å². The summed E-state index contributed by atoms with van der Waals surface area (Å²) in [4.78, 5) is 26.6. The third kappa shape index (κ3) is 3.47. The van der Waals surface area contributed by atoms with Crippen molar-refractivity contribution in [3.05, 3.63) is 29.6 Å². The fourth-order valence-electron chi connectivity index (χ4n) is 1.19. The van der Waals surface area contributed by atoms with Crippen LogP contribution < -0.4 is 0 Å². The number of amides is 1. The van der Waals surface area contributed by atoms with Gasteiger partial charge in [0.15, 0.2) is 0 Å². The zero-order valence-electron chi connectivity index (χ0n) is 8.93. The molecule has 0 saturated heterocycles. The van der Waals surface area contributed by atoms with Crippen molar-refractivity contribution in [1.29, 1.82) is 0 Å². The molecule has 0 bridgehead atoms. The highest BCUT2D eigenvalue weighted by atomic mass is 19.3. The number of hydrogen-bond donors (Lipinski definition) is 1. The van der Waals surface area contributed by atoms with E-state index in [1.165, 1.54) is 13.1 Å². The Bertz CT molecular complexity index is 437. The molecule has 0 atom stereocenters. The molecule has 5 nitrogen and oxygen atoms in total. The van der Waals surface area contributed by atoms with Gasteiger partial charge >= 0.3 is 5.97 Å². The second-order valence-corrected chi connectivity index (χ2v) is 3.31. The Morgan fingerprint density at radius 1 is 1.53 bits per heavy atom. The van der Waals surface area contributed by atoms with Gasteiger partial charge in [-0.05, 0) is 12.1 Å². The summed E-state index contributed by atoms with van der Waals surface area (Å²) < 4.78 is 24.1.